The van der Waals surface area contributed by atoms with Gasteiger partial charge in [-0.25, -0.2) is 4.39 Å². The maximum Gasteiger partial charge on any atom is 0.234 e. The van der Waals surface area contributed by atoms with E-state index in [1.807, 2.05) is 19.9 Å². The van der Waals surface area contributed by atoms with Crippen LogP contribution in [-0.2, 0) is 0 Å². The van der Waals surface area contributed by atoms with Gasteiger partial charge in [-0.3, -0.25) is 0 Å². The van der Waals surface area contributed by atoms with Gasteiger partial charge in [0.15, 0.2) is 5.69 Å². The molecule has 0 aliphatic carbocycles. The van der Waals surface area contributed by atoms with Crippen LogP contribution < -0.4 is 0 Å². The molecule has 2 aromatic heterocycles. The first-order chi connectivity index (χ1) is 10.6. The average Bonchev–Trinajstić information content (AvgIpc) is 3.14. The molecule has 0 saturated heterocycles. The fourth-order valence-corrected chi connectivity index (χ4v) is 2.70. The molecule has 0 fully saturated rings. The van der Waals surface area contributed by atoms with Crippen molar-refractivity contribution in [3.05, 3.63) is 40.8 Å². The number of rotatable bonds is 3. The molecule has 0 unspecified atom stereocenters. The topological polar surface area (TPSA) is 80.3 Å². The zero-order chi connectivity index (χ0) is 15.7. The lowest BCUT2D eigenvalue weighted by Crippen LogP contribution is -1.99. The quantitative estimate of drug-likeness (QED) is 0.742. The smallest absolute Gasteiger partial charge is 0.207 e. The van der Waals surface area contributed by atoms with Crippen molar-refractivity contribution in [1.29, 1.82) is 5.26 Å². The van der Waals surface area contributed by atoms with Gasteiger partial charge in [0.1, 0.15) is 22.6 Å². The average molecular weight is 314 g/mol. The highest BCUT2D eigenvalue weighted by atomic mass is 32.1. The summed E-state index contributed by atoms with van der Waals surface area (Å²) >= 11 is 1.38. The largest absolute Gasteiger partial charge is 0.234 e. The molecule has 22 heavy (non-hydrogen) atoms. The predicted molar refractivity (Wildman–Crippen MR) is 79.0 cm³/mol. The minimum absolute atomic E-state index is 0.160. The molecule has 0 spiro atoms. The Morgan fingerprint density at radius 1 is 1.18 bits per heavy atom. The summed E-state index contributed by atoms with van der Waals surface area (Å²) < 4.78 is 14.6. The van der Waals surface area contributed by atoms with Gasteiger partial charge in [0, 0.05) is 11.5 Å². The molecule has 110 valence electrons. The van der Waals surface area contributed by atoms with E-state index in [1.54, 1.807) is 12.1 Å². The standard InChI is InChI=1S/C14H11FN6S/c1-8(2)13-18-19-14(22-13)21-12(11(7-16)17-20-21)9-3-5-10(15)6-4-9/h3-6,8H,1-2H3. The minimum atomic E-state index is -0.348. The van der Waals surface area contributed by atoms with Crippen LogP contribution in [0.3, 0.4) is 0 Å². The molecule has 0 amide bonds. The molecule has 0 aliphatic rings. The van der Waals surface area contributed by atoms with Crippen LogP contribution in [-0.4, -0.2) is 25.2 Å². The molecule has 0 atom stereocenters. The third-order valence-corrected chi connectivity index (χ3v) is 4.20. The van der Waals surface area contributed by atoms with Crippen molar-refractivity contribution in [1.82, 2.24) is 25.2 Å². The van der Waals surface area contributed by atoms with Gasteiger partial charge in [0.25, 0.3) is 0 Å². The SMILES string of the molecule is CC(C)c1nnc(-n2nnc(C#N)c2-c2ccc(F)cc2)s1. The summed E-state index contributed by atoms with van der Waals surface area (Å²) in [7, 11) is 0. The lowest BCUT2D eigenvalue weighted by atomic mass is 10.1. The zero-order valence-corrected chi connectivity index (χ0v) is 12.7. The molecular weight excluding hydrogens is 303 g/mol. The summed E-state index contributed by atoms with van der Waals surface area (Å²) in [5.74, 6) is -0.0984. The van der Waals surface area contributed by atoms with Crippen LogP contribution in [0.5, 0.6) is 0 Å². The van der Waals surface area contributed by atoms with E-state index in [-0.39, 0.29) is 17.4 Å². The first-order valence-electron chi connectivity index (χ1n) is 6.55. The number of aromatic nitrogens is 5. The Morgan fingerprint density at radius 2 is 1.91 bits per heavy atom. The Kier molecular flexibility index (Phi) is 3.65. The van der Waals surface area contributed by atoms with E-state index in [4.69, 9.17) is 0 Å². The van der Waals surface area contributed by atoms with E-state index in [1.165, 1.54) is 28.2 Å². The summed E-state index contributed by atoms with van der Waals surface area (Å²) in [6.07, 6.45) is 0. The van der Waals surface area contributed by atoms with Gasteiger partial charge in [0.2, 0.25) is 5.13 Å². The molecule has 0 N–H and O–H groups in total. The number of nitriles is 1. The molecule has 1 aromatic carbocycles. The normalized spacial score (nSPS) is 10.9. The Balaban J connectivity index is 2.14. The van der Waals surface area contributed by atoms with Gasteiger partial charge >= 0.3 is 0 Å². The number of hydrogen-bond acceptors (Lipinski definition) is 6. The molecule has 0 radical (unpaired) electrons. The van der Waals surface area contributed by atoms with Crippen molar-refractivity contribution in [2.75, 3.05) is 0 Å². The lowest BCUT2D eigenvalue weighted by Gasteiger charge is -2.03. The lowest BCUT2D eigenvalue weighted by molar-refractivity contribution is 0.628. The molecule has 8 heteroatoms. The van der Waals surface area contributed by atoms with E-state index in [2.05, 4.69) is 20.5 Å². The summed E-state index contributed by atoms with van der Waals surface area (Å²) in [4.78, 5) is 0. The van der Waals surface area contributed by atoms with Crippen LogP contribution in [0.15, 0.2) is 24.3 Å². The second kappa shape index (κ2) is 5.61. The van der Waals surface area contributed by atoms with E-state index in [0.29, 0.717) is 16.4 Å². The number of hydrogen-bond donors (Lipinski definition) is 0. The molecule has 0 bridgehead atoms. The third-order valence-electron chi connectivity index (χ3n) is 3.00. The van der Waals surface area contributed by atoms with Gasteiger partial charge in [-0.15, -0.1) is 15.3 Å². The van der Waals surface area contributed by atoms with Crippen LogP contribution in [0, 0.1) is 17.1 Å². The fourth-order valence-electron chi connectivity index (χ4n) is 1.90. The first-order valence-corrected chi connectivity index (χ1v) is 7.37. The second-order valence-corrected chi connectivity index (χ2v) is 5.88. The first kappa shape index (κ1) is 14.3. The van der Waals surface area contributed by atoms with E-state index in [9.17, 15) is 9.65 Å². The molecule has 0 aliphatic heterocycles. The highest BCUT2D eigenvalue weighted by Gasteiger charge is 2.19. The van der Waals surface area contributed by atoms with Crippen molar-refractivity contribution in [3.63, 3.8) is 0 Å². The molecular formula is C14H11FN6S. The molecule has 3 rings (SSSR count). The van der Waals surface area contributed by atoms with Crippen molar-refractivity contribution < 1.29 is 4.39 Å². The highest BCUT2D eigenvalue weighted by molar-refractivity contribution is 7.13. The van der Waals surface area contributed by atoms with Gasteiger partial charge < -0.3 is 0 Å². The zero-order valence-electron chi connectivity index (χ0n) is 11.9. The number of halogens is 1. The number of nitrogens with zero attached hydrogens (tertiary/aromatic N) is 6. The fraction of sp³-hybridized carbons (Fsp3) is 0.214. The van der Waals surface area contributed by atoms with Gasteiger partial charge in [-0.1, -0.05) is 30.4 Å². The molecule has 0 saturated carbocycles. The van der Waals surface area contributed by atoms with Crippen LogP contribution in [0.4, 0.5) is 4.39 Å². The van der Waals surface area contributed by atoms with Crippen LogP contribution in [0.25, 0.3) is 16.4 Å². The van der Waals surface area contributed by atoms with Crippen molar-refractivity contribution in [3.8, 4) is 22.5 Å². The van der Waals surface area contributed by atoms with Crippen LogP contribution in [0.1, 0.15) is 30.5 Å². The van der Waals surface area contributed by atoms with Gasteiger partial charge in [-0.05, 0) is 24.3 Å². The maximum absolute atomic E-state index is 13.1. The summed E-state index contributed by atoms with van der Waals surface area (Å²) in [6.45, 7) is 4.04. The highest BCUT2D eigenvalue weighted by Crippen LogP contribution is 2.28. The van der Waals surface area contributed by atoms with Crippen LogP contribution in [0.2, 0.25) is 0 Å². The molecule has 3 aromatic rings. The Bertz CT molecular complexity index is 843. The van der Waals surface area contributed by atoms with Crippen LogP contribution >= 0.6 is 11.3 Å². The molecule has 2 heterocycles. The summed E-state index contributed by atoms with van der Waals surface area (Å²) in [5, 5.41) is 26.7. The second-order valence-electron chi connectivity index (χ2n) is 4.89. The monoisotopic (exact) mass is 314 g/mol. The minimum Gasteiger partial charge on any atom is -0.207 e. The van der Waals surface area contributed by atoms with Gasteiger partial charge in [-0.2, -0.15) is 9.94 Å². The van der Waals surface area contributed by atoms with E-state index in [0.717, 1.165) is 5.01 Å². The predicted octanol–water partition coefficient (Wildman–Crippen LogP) is 2.92. The Hall–Kier alpha value is -2.66. The van der Waals surface area contributed by atoms with E-state index < -0.39 is 0 Å². The number of benzene rings is 1. The van der Waals surface area contributed by atoms with E-state index >= 15 is 0 Å². The molecule has 6 nitrogen and oxygen atoms in total. The maximum atomic E-state index is 13.1. The van der Waals surface area contributed by atoms with Crippen molar-refractivity contribution in [2.45, 2.75) is 19.8 Å². The third kappa shape index (κ3) is 2.46. The Morgan fingerprint density at radius 3 is 2.50 bits per heavy atom. The Labute approximate surface area is 129 Å². The van der Waals surface area contributed by atoms with Gasteiger partial charge in [0.05, 0.1) is 0 Å². The summed E-state index contributed by atoms with van der Waals surface area (Å²) in [6, 6.07) is 7.81. The van der Waals surface area contributed by atoms with Crippen molar-refractivity contribution >= 4 is 11.3 Å². The summed E-state index contributed by atoms with van der Waals surface area (Å²) in [5.41, 5.74) is 1.28. The van der Waals surface area contributed by atoms with Crippen molar-refractivity contribution in [2.24, 2.45) is 0 Å².